The zero-order valence-corrected chi connectivity index (χ0v) is 11.0. The van der Waals surface area contributed by atoms with Crippen molar-refractivity contribution in [2.75, 3.05) is 0 Å². The van der Waals surface area contributed by atoms with Crippen LogP contribution in [0.5, 0.6) is 0 Å². The van der Waals surface area contributed by atoms with Crippen LogP contribution >= 0.6 is 0 Å². The topological polar surface area (TPSA) is 56.5 Å². The summed E-state index contributed by atoms with van der Waals surface area (Å²) in [4.78, 5) is 9.01. The third-order valence-corrected chi connectivity index (χ3v) is 2.86. The zero-order chi connectivity index (χ0) is 13.2. The third-order valence-electron chi connectivity index (χ3n) is 2.86. The number of aromatic nitrogens is 5. The molecule has 3 aromatic rings. The van der Waals surface area contributed by atoms with Crippen molar-refractivity contribution in [1.82, 2.24) is 24.7 Å². The Morgan fingerprint density at radius 3 is 2.74 bits per heavy atom. The maximum Gasteiger partial charge on any atom is 0.184 e. The van der Waals surface area contributed by atoms with Crippen molar-refractivity contribution in [3.63, 3.8) is 0 Å². The molecule has 5 heteroatoms. The lowest BCUT2D eigenvalue weighted by Crippen LogP contribution is -2.06. The van der Waals surface area contributed by atoms with Gasteiger partial charge in [0.1, 0.15) is 12.0 Å². The van der Waals surface area contributed by atoms with Gasteiger partial charge in [-0.1, -0.05) is 26.0 Å². The molecule has 0 amide bonds. The van der Waals surface area contributed by atoms with E-state index < -0.39 is 0 Å². The molecule has 19 heavy (non-hydrogen) atoms. The molecule has 0 unspecified atom stereocenters. The summed E-state index contributed by atoms with van der Waals surface area (Å²) in [6, 6.07) is 7.82. The molecule has 0 saturated carbocycles. The normalized spacial score (nSPS) is 11.3. The van der Waals surface area contributed by atoms with Gasteiger partial charge in [0, 0.05) is 6.54 Å². The summed E-state index contributed by atoms with van der Waals surface area (Å²) in [5, 5.41) is 8.13. The average Bonchev–Trinajstić information content (AvgIpc) is 2.85. The van der Waals surface area contributed by atoms with E-state index in [-0.39, 0.29) is 0 Å². The summed E-state index contributed by atoms with van der Waals surface area (Å²) in [6.45, 7) is 5.20. The van der Waals surface area contributed by atoms with Crippen LogP contribution in [0.2, 0.25) is 0 Å². The Bertz CT molecular complexity index is 702. The Hall–Kier alpha value is -2.30. The van der Waals surface area contributed by atoms with Crippen molar-refractivity contribution < 1.29 is 0 Å². The fraction of sp³-hybridized carbons (Fsp3) is 0.286. The van der Waals surface area contributed by atoms with E-state index in [0.717, 1.165) is 29.1 Å². The minimum absolute atomic E-state index is 0.531. The molecule has 0 saturated heterocycles. The monoisotopic (exact) mass is 253 g/mol. The van der Waals surface area contributed by atoms with Crippen LogP contribution in [0, 0.1) is 5.92 Å². The number of hydrogen-bond donors (Lipinski definition) is 0. The van der Waals surface area contributed by atoms with E-state index in [1.54, 1.807) is 12.5 Å². The van der Waals surface area contributed by atoms with Gasteiger partial charge in [0.15, 0.2) is 5.82 Å². The Kier molecular flexibility index (Phi) is 2.95. The van der Waals surface area contributed by atoms with Crippen LogP contribution in [0.4, 0.5) is 0 Å². The molecule has 3 rings (SSSR count). The molecular formula is C14H15N5. The van der Waals surface area contributed by atoms with E-state index >= 15 is 0 Å². The van der Waals surface area contributed by atoms with Gasteiger partial charge in [0.25, 0.3) is 0 Å². The molecule has 2 aromatic heterocycles. The second-order valence-corrected chi connectivity index (χ2v) is 4.94. The second kappa shape index (κ2) is 4.76. The van der Waals surface area contributed by atoms with Gasteiger partial charge < -0.3 is 4.57 Å². The number of hydrogen-bond acceptors (Lipinski definition) is 4. The minimum atomic E-state index is 0.531. The van der Waals surface area contributed by atoms with Gasteiger partial charge in [-0.15, -0.1) is 10.2 Å². The van der Waals surface area contributed by atoms with E-state index in [1.807, 2.05) is 28.8 Å². The number of para-hydroxylation sites is 2. The van der Waals surface area contributed by atoms with E-state index in [4.69, 9.17) is 0 Å². The second-order valence-electron chi connectivity index (χ2n) is 4.94. The third kappa shape index (κ3) is 2.31. The quantitative estimate of drug-likeness (QED) is 0.719. The summed E-state index contributed by atoms with van der Waals surface area (Å²) < 4.78 is 2.02. The maximum atomic E-state index is 4.60. The van der Waals surface area contributed by atoms with Gasteiger partial charge >= 0.3 is 0 Å². The Balaban J connectivity index is 2.06. The molecule has 96 valence electrons. The molecule has 0 aliphatic rings. The molecule has 0 spiro atoms. The smallest absolute Gasteiger partial charge is 0.184 e. The number of rotatable bonds is 3. The van der Waals surface area contributed by atoms with Crippen LogP contribution in [0.25, 0.3) is 22.6 Å². The lowest BCUT2D eigenvalue weighted by atomic mass is 10.2. The van der Waals surface area contributed by atoms with Crippen molar-refractivity contribution in [2.24, 2.45) is 5.92 Å². The Morgan fingerprint density at radius 2 is 1.95 bits per heavy atom. The Morgan fingerprint density at radius 1 is 1.16 bits per heavy atom. The molecule has 0 aliphatic carbocycles. The summed E-state index contributed by atoms with van der Waals surface area (Å²) in [5.74, 6) is 1.30. The standard InChI is InChI=1S/C14H15N5/c1-10(2)8-19-9-16-18-14(19)13-7-15-11-5-3-4-6-12(11)17-13/h3-7,9-10H,8H2,1-2H3. The van der Waals surface area contributed by atoms with Crippen molar-refractivity contribution in [3.05, 3.63) is 36.8 Å². The van der Waals surface area contributed by atoms with Crippen molar-refractivity contribution >= 4 is 11.0 Å². The molecule has 1 aromatic carbocycles. The molecule has 2 heterocycles. The summed E-state index contributed by atoms with van der Waals surface area (Å²) >= 11 is 0. The number of nitrogens with zero attached hydrogens (tertiary/aromatic N) is 5. The summed E-state index contributed by atoms with van der Waals surface area (Å²) in [7, 11) is 0. The van der Waals surface area contributed by atoms with Gasteiger partial charge in [-0.3, -0.25) is 4.98 Å². The van der Waals surface area contributed by atoms with Crippen LogP contribution in [-0.2, 0) is 6.54 Å². The minimum Gasteiger partial charge on any atom is -0.312 e. The average molecular weight is 253 g/mol. The van der Waals surface area contributed by atoms with E-state index in [2.05, 4.69) is 34.0 Å². The van der Waals surface area contributed by atoms with E-state index in [1.165, 1.54) is 0 Å². The number of fused-ring (bicyclic) bond motifs is 1. The van der Waals surface area contributed by atoms with Crippen LogP contribution < -0.4 is 0 Å². The number of benzene rings is 1. The van der Waals surface area contributed by atoms with Crippen LogP contribution in [0.1, 0.15) is 13.8 Å². The van der Waals surface area contributed by atoms with Crippen LogP contribution in [-0.4, -0.2) is 24.7 Å². The fourth-order valence-electron chi connectivity index (χ4n) is 2.05. The first kappa shape index (κ1) is 11.8. The van der Waals surface area contributed by atoms with Crippen LogP contribution in [0.3, 0.4) is 0 Å². The van der Waals surface area contributed by atoms with Gasteiger partial charge in [0.05, 0.1) is 17.2 Å². The summed E-state index contributed by atoms with van der Waals surface area (Å²) in [6.07, 6.45) is 3.50. The Labute approximate surface area is 111 Å². The van der Waals surface area contributed by atoms with Gasteiger partial charge in [-0.25, -0.2) is 4.98 Å². The maximum absolute atomic E-state index is 4.60. The predicted molar refractivity (Wildman–Crippen MR) is 73.4 cm³/mol. The molecule has 0 fully saturated rings. The van der Waals surface area contributed by atoms with E-state index in [9.17, 15) is 0 Å². The highest BCUT2D eigenvalue weighted by molar-refractivity contribution is 5.75. The first-order valence-corrected chi connectivity index (χ1v) is 6.34. The molecule has 0 N–H and O–H groups in total. The highest BCUT2D eigenvalue weighted by Gasteiger charge is 2.11. The summed E-state index contributed by atoms with van der Waals surface area (Å²) in [5.41, 5.74) is 2.53. The first-order valence-electron chi connectivity index (χ1n) is 6.34. The largest absolute Gasteiger partial charge is 0.312 e. The molecule has 0 atom stereocenters. The molecule has 5 nitrogen and oxygen atoms in total. The molecule has 0 aliphatic heterocycles. The van der Waals surface area contributed by atoms with Crippen molar-refractivity contribution in [2.45, 2.75) is 20.4 Å². The first-order chi connectivity index (χ1) is 9.24. The van der Waals surface area contributed by atoms with Crippen LogP contribution in [0.15, 0.2) is 36.8 Å². The highest BCUT2D eigenvalue weighted by atomic mass is 15.3. The van der Waals surface area contributed by atoms with Gasteiger partial charge in [-0.2, -0.15) is 0 Å². The predicted octanol–water partition coefficient (Wildman–Crippen LogP) is 2.54. The molecule has 0 bridgehead atoms. The highest BCUT2D eigenvalue weighted by Crippen LogP contribution is 2.17. The fourth-order valence-corrected chi connectivity index (χ4v) is 2.05. The van der Waals surface area contributed by atoms with Crippen molar-refractivity contribution in [3.8, 4) is 11.5 Å². The van der Waals surface area contributed by atoms with Gasteiger partial charge in [-0.05, 0) is 18.1 Å². The molecule has 0 radical (unpaired) electrons. The van der Waals surface area contributed by atoms with Crippen molar-refractivity contribution in [1.29, 1.82) is 0 Å². The lowest BCUT2D eigenvalue weighted by molar-refractivity contribution is 0.525. The lowest BCUT2D eigenvalue weighted by Gasteiger charge is -2.08. The SMILES string of the molecule is CC(C)Cn1cnnc1-c1cnc2ccccc2n1. The van der Waals surface area contributed by atoms with E-state index in [0.29, 0.717) is 5.92 Å². The molecular weight excluding hydrogens is 238 g/mol. The van der Waals surface area contributed by atoms with Gasteiger partial charge in [0.2, 0.25) is 0 Å². The zero-order valence-electron chi connectivity index (χ0n) is 11.0.